The molecule has 1 fully saturated rings. The van der Waals surface area contributed by atoms with Crippen LogP contribution < -0.4 is 10.6 Å². The second-order valence-electron chi connectivity index (χ2n) is 10.5. The summed E-state index contributed by atoms with van der Waals surface area (Å²) in [7, 11) is 0. The third-order valence-electron chi connectivity index (χ3n) is 5.19. The molecule has 2 N–H and O–H groups in total. The Morgan fingerprint density at radius 1 is 1.08 bits per heavy atom. The molecule has 3 rings (SSSR count). The zero-order valence-electron chi connectivity index (χ0n) is 21.4. The summed E-state index contributed by atoms with van der Waals surface area (Å²) in [4.78, 5) is 53.2. The predicted octanol–water partition coefficient (Wildman–Crippen LogP) is 3.43. The number of benzene rings is 1. The number of carbonyl (C=O) groups is 4. The number of rotatable bonds is 6. The van der Waals surface area contributed by atoms with E-state index >= 15 is 0 Å². The summed E-state index contributed by atoms with van der Waals surface area (Å²) in [5, 5.41) is 4.85. The van der Waals surface area contributed by atoms with Crippen LogP contribution in [0.2, 0.25) is 0 Å². The molecule has 0 aliphatic carbocycles. The number of fused-ring (bicyclic) bond motifs is 1. The van der Waals surface area contributed by atoms with Gasteiger partial charge in [-0.1, -0.05) is 43.0 Å². The highest BCUT2D eigenvalue weighted by Gasteiger charge is 2.54. The van der Waals surface area contributed by atoms with E-state index in [-0.39, 0.29) is 5.70 Å². The van der Waals surface area contributed by atoms with Crippen molar-refractivity contribution in [3.63, 3.8) is 0 Å². The summed E-state index contributed by atoms with van der Waals surface area (Å²) in [6.45, 7) is 14.2. The monoisotopic (exact) mass is 515 g/mol. The lowest BCUT2D eigenvalue weighted by molar-refractivity contribution is -0.159. The van der Waals surface area contributed by atoms with E-state index in [1.807, 2.05) is 0 Å². The molecule has 1 aromatic carbocycles. The SMILES string of the molecule is C=CC1=C(C(=O)OC(C)(C)C)N2C(=O)[C@@H](NC(=O)C(NC(=O)OC(C)(C)C)c3ccccc3)[C@H]2SC1. The Labute approximate surface area is 215 Å². The summed E-state index contributed by atoms with van der Waals surface area (Å²) in [6, 6.07) is 6.72. The highest BCUT2D eigenvalue weighted by molar-refractivity contribution is 8.00. The molecule has 1 saturated heterocycles. The minimum absolute atomic E-state index is 0.144. The molecule has 1 unspecified atom stereocenters. The van der Waals surface area contributed by atoms with Gasteiger partial charge in [0.05, 0.1) is 0 Å². The molecule has 0 radical (unpaired) electrons. The van der Waals surface area contributed by atoms with Gasteiger partial charge in [-0.2, -0.15) is 0 Å². The van der Waals surface area contributed by atoms with Crippen LogP contribution in [0, 0.1) is 0 Å². The molecule has 1 aromatic rings. The first-order valence-corrected chi connectivity index (χ1v) is 12.6. The Morgan fingerprint density at radius 3 is 2.25 bits per heavy atom. The van der Waals surface area contributed by atoms with Crippen molar-refractivity contribution >= 4 is 35.6 Å². The molecule has 36 heavy (non-hydrogen) atoms. The standard InChI is InChI=1S/C26H33N3O6S/c1-8-15-14-36-22-18(21(31)29(22)19(15)23(32)34-25(2,3)4)27-20(30)17(16-12-10-9-11-13-16)28-24(33)35-26(5,6)7/h8-13,17-18,22H,1,14H2,2-7H3,(H,27,30)(H,28,33)/t17?,18-,22-/m1/s1. The number of β-lactam (4-membered cyclic amide) rings is 1. The molecule has 0 saturated carbocycles. The van der Waals surface area contributed by atoms with Gasteiger partial charge < -0.3 is 20.1 Å². The van der Waals surface area contributed by atoms with Crippen LogP contribution >= 0.6 is 11.8 Å². The quantitative estimate of drug-likeness (QED) is 0.441. The van der Waals surface area contributed by atoms with Crippen LogP contribution in [0.3, 0.4) is 0 Å². The molecule has 0 bridgehead atoms. The minimum atomic E-state index is -1.08. The lowest BCUT2D eigenvalue weighted by Gasteiger charge is -2.50. The van der Waals surface area contributed by atoms with Crippen molar-refractivity contribution in [3.8, 4) is 0 Å². The lowest BCUT2D eigenvalue weighted by atomic mass is 10.0. The van der Waals surface area contributed by atoms with E-state index in [0.717, 1.165) is 0 Å². The van der Waals surface area contributed by atoms with Gasteiger partial charge in [0.25, 0.3) is 5.91 Å². The number of amides is 3. The van der Waals surface area contributed by atoms with Crippen molar-refractivity contribution in [2.75, 3.05) is 5.75 Å². The molecule has 2 aliphatic heterocycles. The first-order valence-electron chi connectivity index (χ1n) is 11.6. The number of carbonyl (C=O) groups excluding carboxylic acids is 4. The number of allylic oxidation sites excluding steroid dienone is 1. The summed E-state index contributed by atoms with van der Waals surface area (Å²) in [5.41, 5.74) is -0.223. The van der Waals surface area contributed by atoms with Crippen LogP contribution in [0.5, 0.6) is 0 Å². The maximum absolute atomic E-state index is 13.3. The zero-order valence-corrected chi connectivity index (χ0v) is 22.2. The number of esters is 1. The van der Waals surface area contributed by atoms with Gasteiger partial charge in [0.1, 0.15) is 34.4 Å². The number of hydrogen-bond donors (Lipinski definition) is 2. The van der Waals surface area contributed by atoms with E-state index in [9.17, 15) is 19.2 Å². The topological polar surface area (TPSA) is 114 Å². The largest absolute Gasteiger partial charge is 0.455 e. The Bertz CT molecular complexity index is 1090. The molecular formula is C26H33N3O6S. The molecule has 2 aliphatic rings. The molecule has 9 nitrogen and oxygen atoms in total. The third kappa shape index (κ3) is 6.29. The number of nitrogens with zero attached hydrogens (tertiary/aromatic N) is 1. The van der Waals surface area contributed by atoms with Gasteiger partial charge in [0.15, 0.2) is 0 Å². The summed E-state index contributed by atoms with van der Waals surface area (Å²) < 4.78 is 10.8. The first kappa shape index (κ1) is 27.3. The highest BCUT2D eigenvalue weighted by Crippen LogP contribution is 2.41. The Morgan fingerprint density at radius 2 is 1.69 bits per heavy atom. The molecular weight excluding hydrogens is 482 g/mol. The van der Waals surface area contributed by atoms with Gasteiger partial charge in [-0.25, -0.2) is 9.59 Å². The van der Waals surface area contributed by atoms with Crippen LogP contribution in [0.4, 0.5) is 4.79 Å². The van der Waals surface area contributed by atoms with Crippen molar-refractivity contribution < 1.29 is 28.7 Å². The minimum Gasteiger partial charge on any atom is -0.455 e. The molecule has 0 aromatic heterocycles. The summed E-state index contributed by atoms with van der Waals surface area (Å²) in [5.74, 6) is -1.20. The van der Waals surface area contributed by atoms with Crippen LogP contribution in [0.25, 0.3) is 0 Å². The summed E-state index contributed by atoms with van der Waals surface area (Å²) >= 11 is 1.41. The van der Waals surface area contributed by atoms with Gasteiger partial charge in [0.2, 0.25) is 5.91 Å². The highest BCUT2D eigenvalue weighted by atomic mass is 32.2. The number of alkyl carbamates (subject to hydrolysis) is 1. The Kier molecular flexibility index (Phi) is 7.88. The number of thioether (sulfide) groups is 1. The lowest BCUT2D eigenvalue weighted by Crippen LogP contribution is -2.71. The van der Waals surface area contributed by atoms with Crippen LogP contribution in [-0.2, 0) is 23.9 Å². The number of ether oxygens (including phenoxy) is 2. The maximum Gasteiger partial charge on any atom is 0.408 e. The predicted molar refractivity (Wildman–Crippen MR) is 137 cm³/mol. The van der Waals surface area contributed by atoms with Gasteiger partial charge in [-0.05, 0) is 52.7 Å². The zero-order chi connectivity index (χ0) is 26.8. The maximum atomic E-state index is 13.3. The fraction of sp³-hybridized carbons (Fsp3) is 0.462. The van der Waals surface area contributed by atoms with Gasteiger partial charge in [-0.3, -0.25) is 14.5 Å². The van der Waals surface area contributed by atoms with Crippen molar-refractivity contribution in [2.24, 2.45) is 0 Å². The van der Waals surface area contributed by atoms with Gasteiger partial charge in [0, 0.05) is 5.75 Å². The average Bonchev–Trinajstić information content (AvgIpc) is 2.78. The normalized spacial score (nSPS) is 20.5. The van der Waals surface area contributed by atoms with E-state index in [1.165, 1.54) is 22.7 Å². The average molecular weight is 516 g/mol. The second kappa shape index (κ2) is 10.4. The molecule has 0 spiro atoms. The van der Waals surface area contributed by atoms with Gasteiger partial charge >= 0.3 is 12.1 Å². The van der Waals surface area contributed by atoms with Crippen molar-refractivity contribution in [1.29, 1.82) is 0 Å². The third-order valence-corrected chi connectivity index (χ3v) is 6.49. The number of nitrogens with one attached hydrogen (secondary N) is 2. The summed E-state index contributed by atoms with van der Waals surface area (Å²) in [6.07, 6.45) is 0.781. The molecule has 3 amide bonds. The fourth-order valence-corrected chi connectivity index (χ4v) is 5.06. The van der Waals surface area contributed by atoms with E-state index in [2.05, 4.69) is 17.2 Å². The Balaban J connectivity index is 1.79. The van der Waals surface area contributed by atoms with E-state index in [4.69, 9.17) is 9.47 Å². The van der Waals surface area contributed by atoms with Crippen molar-refractivity contribution in [3.05, 3.63) is 59.8 Å². The van der Waals surface area contributed by atoms with Crippen molar-refractivity contribution in [2.45, 2.75) is 70.2 Å². The Hall–Kier alpha value is -3.27. The smallest absolute Gasteiger partial charge is 0.408 e. The van der Waals surface area contributed by atoms with Crippen LogP contribution in [0.1, 0.15) is 53.1 Å². The fourth-order valence-electron chi connectivity index (χ4n) is 3.72. The van der Waals surface area contributed by atoms with Crippen molar-refractivity contribution in [1.82, 2.24) is 15.5 Å². The number of hydrogen-bond acceptors (Lipinski definition) is 7. The van der Waals surface area contributed by atoms with E-state index in [0.29, 0.717) is 16.9 Å². The molecule has 2 heterocycles. The molecule has 10 heteroatoms. The molecule has 3 atom stereocenters. The van der Waals surface area contributed by atoms with Gasteiger partial charge in [-0.15, -0.1) is 11.8 Å². The van der Waals surface area contributed by atoms with Crippen LogP contribution in [0.15, 0.2) is 54.3 Å². The second-order valence-corrected chi connectivity index (χ2v) is 11.6. The van der Waals surface area contributed by atoms with Crippen LogP contribution in [-0.4, -0.2) is 57.1 Å². The first-order chi connectivity index (χ1) is 16.7. The van der Waals surface area contributed by atoms with E-state index in [1.54, 1.807) is 71.9 Å². The molecule has 194 valence electrons. The van der Waals surface area contributed by atoms with E-state index < -0.39 is 52.5 Å².